The number of hydrogen-bond donors (Lipinski definition) is 1. The maximum atomic E-state index is 6.61. The molecule has 0 aliphatic heterocycles. The standard InChI is InChI=1S/C23H29N/c1-23(2,3)14-15-12-21-19-9-8-16-6-4-5-7-17(16)18(19)10-11-20(21)22(24)13-15/h4-9,15,22H,10-14,24H2,1-3H3/t15?,22-/m1/s1. The Bertz CT molecular complexity index is 806. The van der Waals surface area contributed by atoms with Crippen LogP contribution in [0, 0.1) is 11.3 Å². The summed E-state index contributed by atoms with van der Waals surface area (Å²) in [7, 11) is 0. The molecule has 2 aliphatic rings. The Labute approximate surface area is 145 Å². The third kappa shape index (κ3) is 2.80. The van der Waals surface area contributed by atoms with Gasteiger partial charge < -0.3 is 5.73 Å². The molecule has 24 heavy (non-hydrogen) atoms. The van der Waals surface area contributed by atoms with Gasteiger partial charge in [-0.3, -0.25) is 0 Å². The van der Waals surface area contributed by atoms with Crippen molar-refractivity contribution < 1.29 is 0 Å². The van der Waals surface area contributed by atoms with Crippen molar-refractivity contribution in [3.63, 3.8) is 0 Å². The predicted octanol–water partition coefficient (Wildman–Crippen LogP) is 5.71. The highest BCUT2D eigenvalue weighted by Gasteiger charge is 2.33. The maximum Gasteiger partial charge on any atom is 0.0262 e. The van der Waals surface area contributed by atoms with Crippen LogP contribution in [0.15, 0.2) is 42.0 Å². The molecule has 0 spiro atoms. The van der Waals surface area contributed by atoms with Crippen LogP contribution >= 0.6 is 0 Å². The van der Waals surface area contributed by atoms with Crippen LogP contribution in [0.1, 0.15) is 57.6 Å². The second-order valence-corrected chi connectivity index (χ2v) is 8.99. The molecule has 4 rings (SSSR count). The first-order chi connectivity index (χ1) is 11.4. The second kappa shape index (κ2) is 5.74. The highest BCUT2D eigenvalue weighted by atomic mass is 14.7. The van der Waals surface area contributed by atoms with E-state index in [4.69, 9.17) is 5.73 Å². The van der Waals surface area contributed by atoms with Crippen molar-refractivity contribution in [3.05, 3.63) is 53.1 Å². The Morgan fingerprint density at radius 3 is 2.62 bits per heavy atom. The first-order valence-electron chi connectivity index (χ1n) is 9.41. The lowest BCUT2D eigenvalue weighted by atomic mass is 9.69. The first kappa shape index (κ1) is 15.9. The molecule has 2 aromatic carbocycles. The van der Waals surface area contributed by atoms with Crippen LogP contribution in [0.3, 0.4) is 0 Å². The van der Waals surface area contributed by atoms with E-state index < -0.39 is 0 Å². The molecular formula is C23H29N. The summed E-state index contributed by atoms with van der Waals surface area (Å²) < 4.78 is 0. The van der Waals surface area contributed by atoms with Gasteiger partial charge in [-0.1, -0.05) is 57.2 Å². The lowest BCUT2D eigenvalue weighted by Gasteiger charge is -2.38. The maximum absolute atomic E-state index is 6.61. The zero-order valence-electron chi connectivity index (χ0n) is 15.2. The summed E-state index contributed by atoms with van der Waals surface area (Å²) in [6.07, 6.45) is 5.94. The molecular weight excluding hydrogens is 290 g/mol. The minimum Gasteiger partial charge on any atom is -0.324 e. The Kier molecular flexibility index (Phi) is 3.80. The molecule has 0 amide bonds. The number of benzene rings is 2. The van der Waals surface area contributed by atoms with Crippen LogP contribution in [0.5, 0.6) is 0 Å². The zero-order valence-corrected chi connectivity index (χ0v) is 15.2. The number of nitrogens with two attached hydrogens (primary N) is 1. The van der Waals surface area contributed by atoms with Crippen LogP contribution < -0.4 is 5.73 Å². The van der Waals surface area contributed by atoms with Gasteiger partial charge >= 0.3 is 0 Å². The minimum atomic E-state index is 0.265. The molecule has 0 fully saturated rings. The van der Waals surface area contributed by atoms with E-state index >= 15 is 0 Å². The molecule has 1 nitrogen and oxygen atoms in total. The van der Waals surface area contributed by atoms with Crippen LogP contribution in [-0.4, -0.2) is 6.04 Å². The lowest BCUT2D eigenvalue weighted by Crippen LogP contribution is -2.34. The van der Waals surface area contributed by atoms with Crippen LogP contribution in [-0.2, 0) is 6.42 Å². The van der Waals surface area contributed by atoms with E-state index in [2.05, 4.69) is 57.2 Å². The molecule has 0 bridgehead atoms. The van der Waals surface area contributed by atoms with Crippen molar-refractivity contribution in [2.75, 3.05) is 0 Å². The largest absolute Gasteiger partial charge is 0.324 e. The summed E-state index contributed by atoms with van der Waals surface area (Å²) in [6.45, 7) is 7.06. The summed E-state index contributed by atoms with van der Waals surface area (Å²) in [4.78, 5) is 0. The molecule has 2 aliphatic carbocycles. The van der Waals surface area contributed by atoms with Gasteiger partial charge in [-0.05, 0) is 76.5 Å². The van der Waals surface area contributed by atoms with Gasteiger partial charge in [0, 0.05) is 6.04 Å². The number of allylic oxidation sites excluding steroid dienone is 1. The van der Waals surface area contributed by atoms with Gasteiger partial charge in [0.15, 0.2) is 0 Å². The molecule has 2 N–H and O–H groups in total. The zero-order chi connectivity index (χ0) is 16.9. The Balaban J connectivity index is 1.78. The Hall–Kier alpha value is -1.60. The van der Waals surface area contributed by atoms with Crippen molar-refractivity contribution in [3.8, 4) is 0 Å². The van der Waals surface area contributed by atoms with E-state index in [1.807, 2.05) is 0 Å². The van der Waals surface area contributed by atoms with E-state index in [0.717, 1.165) is 18.8 Å². The quantitative estimate of drug-likeness (QED) is 0.715. The van der Waals surface area contributed by atoms with E-state index in [9.17, 15) is 0 Å². The monoisotopic (exact) mass is 319 g/mol. The molecule has 1 unspecified atom stereocenters. The van der Waals surface area contributed by atoms with Gasteiger partial charge in [0.1, 0.15) is 0 Å². The molecule has 2 atom stereocenters. The van der Waals surface area contributed by atoms with Crippen molar-refractivity contribution in [1.82, 2.24) is 0 Å². The summed E-state index contributed by atoms with van der Waals surface area (Å²) in [5.41, 5.74) is 13.2. The average Bonchev–Trinajstić information content (AvgIpc) is 2.52. The molecule has 0 saturated heterocycles. The summed E-state index contributed by atoms with van der Waals surface area (Å²) in [5, 5.41) is 2.81. The number of aryl methyl sites for hydroxylation is 1. The predicted molar refractivity (Wildman–Crippen MR) is 104 cm³/mol. The van der Waals surface area contributed by atoms with E-state index in [1.54, 1.807) is 16.7 Å². The fourth-order valence-corrected chi connectivity index (χ4v) is 5.02. The highest BCUT2D eigenvalue weighted by molar-refractivity contribution is 5.92. The summed E-state index contributed by atoms with van der Waals surface area (Å²) in [5.74, 6) is 0.719. The topological polar surface area (TPSA) is 26.0 Å². The van der Waals surface area contributed by atoms with Gasteiger partial charge in [0.05, 0.1) is 0 Å². The number of fused-ring (bicyclic) bond motifs is 4. The van der Waals surface area contributed by atoms with Crippen LogP contribution in [0.25, 0.3) is 16.3 Å². The van der Waals surface area contributed by atoms with E-state index in [-0.39, 0.29) is 6.04 Å². The highest BCUT2D eigenvalue weighted by Crippen LogP contribution is 2.46. The molecule has 0 saturated carbocycles. The molecule has 0 heterocycles. The number of hydrogen-bond acceptors (Lipinski definition) is 1. The van der Waals surface area contributed by atoms with Crippen molar-refractivity contribution in [1.29, 1.82) is 0 Å². The summed E-state index contributed by atoms with van der Waals surface area (Å²) in [6, 6.07) is 13.7. The summed E-state index contributed by atoms with van der Waals surface area (Å²) >= 11 is 0. The van der Waals surface area contributed by atoms with E-state index in [0.29, 0.717) is 5.41 Å². The van der Waals surface area contributed by atoms with Gasteiger partial charge in [-0.15, -0.1) is 0 Å². The minimum absolute atomic E-state index is 0.265. The van der Waals surface area contributed by atoms with Crippen molar-refractivity contribution in [2.45, 2.75) is 58.9 Å². The SMILES string of the molecule is CC(C)(C)CC1CC2=C(CCc3c2ccc2ccccc32)[C@H](N)C1. The van der Waals surface area contributed by atoms with Gasteiger partial charge in [0.2, 0.25) is 0 Å². The van der Waals surface area contributed by atoms with Gasteiger partial charge in [0.25, 0.3) is 0 Å². The van der Waals surface area contributed by atoms with Gasteiger partial charge in [-0.2, -0.15) is 0 Å². The molecule has 0 radical (unpaired) electrons. The first-order valence-corrected chi connectivity index (χ1v) is 9.41. The third-order valence-corrected chi connectivity index (χ3v) is 5.83. The third-order valence-electron chi connectivity index (χ3n) is 5.83. The van der Waals surface area contributed by atoms with Crippen molar-refractivity contribution >= 4 is 16.3 Å². The fraction of sp³-hybridized carbons (Fsp3) is 0.478. The Morgan fingerprint density at radius 1 is 1.04 bits per heavy atom. The normalized spacial score (nSPS) is 24.0. The molecule has 2 aromatic rings. The average molecular weight is 319 g/mol. The van der Waals surface area contributed by atoms with Gasteiger partial charge in [-0.25, -0.2) is 0 Å². The smallest absolute Gasteiger partial charge is 0.0262 e. The second-order valence-electron chi connectivity index (χ2n) is 8.99. The molecule has 0 aromatic heterocycles. The fourth-order valence-electron chi connectivity index (χ4n) is 5.02. The molecule has 126 valence electrons. The lowest BCUT2D eigenvalue weighted by molar-refractivity contribution is 0.271. The van der Waals surface area contributed by atoms with Crippen LogP contribution in [0.4, 0.5) is 0 Å². The van der Waals surface area contributed by atoms with Crippen LogP contribution in [0.2, 0.25) is 0 Å². The molecule has 1 heteroatoms. The van der Waals surface area contributed by atoms with E-state index in [1.165, 1.54) is 35.6 Å². The van der Waals surface area contributed by atoms with Crippen molar-refractivity contribution in [2.24, 2.45) is 17.1 Å². The number of rotatable bonds is 1. The Morgan fingerprint density at radius 2 is 1.83 bits per heavy atom.